The van der Waals surface area contributed by atoms with Crippen LogP contribution in [0.3, 0.4) is 0 Å². The Hall–Kier alpha value is -2.19. The Morgan fingerprint density at radius 2 is 1.61 bits per heavy atom. The zero-order chi connectivity index (χ0) is 20.7. The monoisotopic (exact) mass is 430 g/mol. The Labute approximate surface area is 169 Å². The van der Waals surface area contributed by atoms with Gasteiger partial charge in [0, 0.05) is 5.69 Å². The molecule has 9 heteroatoms. The number of alkyl halides is 3. The van der Waals surface area contributed by atoms with E-state index in [1.165, 1.54) is 0 Å². The van der Waals surface area contributed by atoms with Crippen LogP contribution in [-0.2, 0) is 22.2 Å². The molecule has 2 aromatic rings. The van der Waals surface area contributed by atoms with E-state index in [4.69, 9.17) is 11.6 Å². The molecule has 2 rings (SSSR count). The molecule has 0 atom stereocenters. The van der Waals surface area contributed by atoms with Gasteiger partial charge in [-0.1, -0.05) is 30.7 Å². The third kappa shape index (κ3) is 6.76. The van der Waals surface area contributed by atoms with Gasteiger partial charge < -0.3 is 10.6 Å². The summed E-state index contributed by atoms with van der Waals surface area (Å²) in [5.41, 5.74) is 0.774. The maximum absolute atomic E-state index is 12.7. The van der Waals surface area contributed by atoms with Crippen LogP contribution in [0.5, 0.6) is 0 Å². The van der Waals surface area contributed by atoms with E-state index >= 15 is 0 Å². The smallest absolute Gasteiger partial charge is 0.325 e. The third-order valence-electron chi connectivity index (χ3n) is 3.68. The van der Waals surface area contributed by atoms with Gasteiger partial charge in [-0.15, -0.1) is 11.8 Å². The lowest BCUT2D eigenvalue weighted by Gasteiger charge is -2.11. The quantitative estimate of drug-likeness (QED) is 0.632. The Kier molecular flexibility index (Phi) is 7.77. The summed E-state index contributed by atoms with van der Waals surface area (Å²) in [6.45, 7) is 2.03. The van der Waals surface area contributed by atoms with Crippen LogP contribution in [0.1, 0.15) is 18.1 Å². The third-order valence-corrected chi connectivity index (χ3v) is 4.94. The highest BCUT2D eigenvalue weighted by molar-refractivity contribution is 8.00. The van der Waals surface area contributed by atoms with Crippen molar-refractivity contribution in [1.82, 2.24) is 0 Å². The second kappa shape index (κ2) is 9.84. The summed E-state index contributed by atoms with van der Waals surface area (Å²) in [7, 11) is 0. The maximum atomic E-state index is 12.7. The number of nitrogens with one attached hydrogen (secondary N) is 2. The first-order valence-corrected chi connectivity index (χ1v) is 9.85. The topological polar surface area (TPSA) is 58.2 Å². The summed E-state index contributed by atoms with van der Waals surface area (Å²) in [5, 5.41) is 5.05. The van der Waals surface area contributed by atoms with E-state index in [2.05, 4.69) is 10.6 Å². The van der Waals surface area contributed by atoms with Gasteiger partial charge in [-0.25, -0.2) is 0 Å². The molecular formula is C19H18ClF3N2O2S. The SMILES string of the molecule is CCc1ccc(NC(=O)CSCC(=O)Nc2cc(C(F)(F)F)ccc2Cl)cc1. The molecule has 0 aliphatic rings. The van der Waals surface area contributed by atoms with Crippen molar-refractivity contribution >= 4 is 46.6 Å². The van der Waals surface area contributed by atoms with Gasteiger partial charge in [0.2, 0.25) is 11.8 Å². The van der Waals surface area contributed by atoms with Crippen LogP contribution < -0.4 is 10.6 Å². The molecule has 0 heterocycles. The standard InChI is InChI=1S/C19H18ClF3N2O2S/c1-2-12-3-6-14(7-4-12)24-17(26)10-28-11-18(27)25-16-9-13(19(21,22)23)5-8-15(16)20/h3-9H,2,10-11H2,1H3,(H,24,26)(H,25,27). The van der Waals surface area contributed by atoms with E-state index in [-0.39, 0.29) is 28.1 Å². The minimum atomic E-state index is -4.54. The number of carbonyl (C=O) groups is 2. The number of hydrogen-bond donors (Lipinski definition) is 2. The molecule has 0 fully saturated rings. The average Bonchev–Trinajstić information content (AvgIpc) is 2.63. The van der Waals surface area contributed by atoms with Crippen molar-refractivity contribution in [3.05, 3.63) is 58.6 Å². The molecule has 0 spiro atoms. The number of anilines is 2. The van der Waals surface area contributed by atoms with Crippen molar-refractivity contribution in [3.63, 3.8) is 0 Å². The molecule has 0 bridgehead atoms. The van der Waals surface area contributed by atoms with E-state index in [1.807, 2.05) is 19.1 Å². The maximum Gasteiger partial charge on any atom is 0.416 e. The van der Waals surface area contributed by atoms with Crippen LogP contribution in [0, 0.1) is 0 Å². The number of aryl methyl sites for hydroxylation is 1. The van der Waals surface area contributed by atoms with Crippen LogP contribution in [0.4, 0.5) is 24.5 Å². The summed E-state index contributed by atoms with van der Waals surface area (Å²) in [6.07, 6.45) is -3.64. The van der Waals surface area contributed by atoms with Crippen LogP contribution in [0.25, 0.3) is 0 Å². The summed E-state index contributed by atoms with van der Waals surface area (Å²) in [5.74, 6) is -0.904. The summed E-state index contributed by atoms with van der Waals surface area (Å²) >= 11 is 6.88. The zero-order valence-electron chi connectivity index (χ0n) is 14.9. The van der Waals surface area contributed by atoms with Gasteiger partial charge >= 0.3 is 6.18 Å². The molecule has 2 aromatic carbocycles. The minimum absolute atomic E-state index is 0.000353. The van der Waals surface area contributed by atoms with Crippen LogP contribution >= 0.6 is 23.4 Å². The Morgan fingerprint density at radius 1 is 1.00 bits per heavy atom. The molecule has 0 unspecified atom stereocenters. The van der Waals surface area contributed by atoms with Crippen molar-refractivity contribution in [2.45, 2.75) is 19.5 Å². The molecule has 0 aromatic heterocycles. The molecule has 0 aliphatic carbocycles. The second-order valence-corrected chi connectivity index (χ2v) is 7.22. The molecule has 2 amide bonds. The zero-order valence-corrected chi connectivity index (χ0v) is 16.5. The van der Waals surface area contributed by atoms with Crippen LogP contribution in [0.2, 0.25) is 5.02 Å². The van der Waals surface area contributed by atoms with Gasteiger partial charge in [0.25, 0.3) is 0 Å². The van der Waals surface area contributed by atoms with E-state index in [0.717, 1.165) is 41.9 Å². The number of rotatable bonds is 7. The van der Waals surface area contributed by atoms with Crippen molar-refractivity contribution < 1.29 is 22.8 Å². The van der Waals surface area contributed by atoms with Crippen molar-refractivity contribution in [2.24, 2.45) is 0 Å². The molecule has 0 radical (unpaired) electrons. The first kappa shape index (κ1) is 22.1. The van der Waals surface area contributed by atoms with Gasteiger partial charge in [-0.05, 0) is 42.3 Å². The molecule has 150 valence electrons. The van der Waals surface area contributed by atoms with Gasteiger partial charge in [0.05, 0.1) is 27.8 Å². The van der Waals surface area contributed by atoms with Gasteiger partial charge in [0.1, 0.15) is 0 Å². The molecule has 28 heavy (non-hydrogen) atoms. The fraction of sp³-hybridized carbons (Fsp3) is 0.263. The lowest BCUT2D eigenvalue weighted by molar-refractivity contribution is -0.137. The molecule has 0 saturated carbocycles. The van der Waals surface area contributed by atoms with Crippen molar-refractivity contribution in [1.29, 1.82) is 0 Å². The number of benzene rings is 2. The number of hydrogen-bond acceptors (Lipinski definition) is 3. The molecule has 0 aliphatic heterocycles. The summed E-state index contributed by atoms with van der Waals surface area (Å²) in [4.78, 5) is 23.8. The highest BCUT2D eigenvalue weighted by Gasteiger charge is 2.31. The average molecular weight is 431 g/mol. The van der Waals surface area contributed by atoms with Gasteiger partial charge in [0.15, 0.2) is 0 Å². The van der Waals surface area contributed by atoms with Crippen molar-refractivity contribution in [2.75, 3.05) is 22.1 Å². The molecule has 4 nitrogen and oxygen atoms in total. The Morgan fingerprint density at radius 3 is 2.18 bits per heavy atom. The molecular weight excluding hydrogens is 413 g/mol. The lowest BCUT2D eigenvalue weighted by atomic mass is 10.1. The predicted octanol–water partition coefficient (Wildman–Crippen LogP) is 5.23. The van der Waals surface area contributed by atoms with E-state index in [0.29, 0.717) is 5.69 Å². The van der Waals surface area contributed by atoms with Crippen molar-refractivity contribution in [3.8, 4) is 0 Å². The fourth-order valence-electron chi connectivity index (χ4n) is 2.24. The van der Waals surface area contributed by atoms with E-state index in [9.17, 15) is 22.8 Å². The number of carbonyl (C=O) groups excluding carboxylic acids is 2. The second-order valence-electron chi connectivity index (χ2n) is 5.83. The fourth-order valence-corrected chi connectivity index (χ4v) is 3.02. The highest BCUT2D eigenvalue weighted by Crippen LogP contribution is 2.33. The van der Waals surface area contributed by atoms with Crippen LogP contribution in [-0.4, -0.2) is 23.3 Å². The van der Waals surface area contributed by atoms with Gasteiger partial charge in [-0.2, -0.15) is 13.2 Å². The first-order chi connectivity index (χ1) is 13.2. The normalized spacial score (nSPS) is 11.2. The predicted molar refractivity (Wildman–Crippen MR) is 107 cm³/mol. The summed E-state index contributed by atoms with van der Waals surface area (Å²) < 4.78 is 38.2. The minimum Gasteiger partial charge on any atom is -0.325 e. The van der Waals surface area contributed by atoms with Crippen LogP contribution in [0.15, 0.2) is 42.5 Å². The largest absolute Gasteiger partial charge is 0.416 e. The van der Waals surface area contributed by atoms with E-state index in [1.54, 1.807) is 12.1 Å². The Balaban J connectivity index is 1.81. The lowest BCUT2D eigenvalue weighted by Crippen LogP contribution is -2.19. The first-order valence-electron chi connectivity index (χ1n) is 8.32. The number of halogens is 4. The Bertz CT molecular complexity index is 842. The molecule has 2 N–H and O–H groups in total. The number of amides is 2. The number of thioether (sulfide) groups is 1. The summed E-state index contributed by atoms with van der Waals surface area (Å²) in [6, 6.07) is 10.1. The van der Waals surface area contributed by atoms with E-state index < -0.39 is 17.6 Å². The highest BCUT2D eigenvalue weighted by atomic mass is 35.5. The van der Waals surface area contributed by atoms with Gasteiger partial charge in [-0.3, -0.25) is 9.59 Å². The molecule has 0 saturated heterocycles.